The molecular weight excluding hydrogens is 268 g/mol. The second-order valence-electron chi connectivity index (χ2n) is 7.44. The van der Waals surface area contributed by atoms with Gasteiger partial charge in [0.25, 0.3) is 0 Å². The number of hydrogen-bond donors (Lipinski definition) is 0. The third kappa shape index (κ3) is 2.40. The molecule has 0 aromatic carbocycles. The molecule has 1 aliphatic heterocycles. The highest BCUT2D eigenvalue weighted by molar-refractivity contribution is 5.73. The molecule has 21 heavy (non-hydrogen) atoms. The van der Waals surface area contributed by atoms with E-state index < -0.39 is 0 Å². The van der Waals surface area contributed by atoms with Crippen molar-refractivity contribution in [1.82, 2.24) is 0 Å². The summed E-state index contributed by atoms with van der Waals surface area (Å²) in [5, 5.41) is 0. The zero-order chi connectivity index (χ0) is 14.4. The molecule has 4 heteroatoms. The van der Waals surface area contributed by atoms with Gasteiger partial charge in [0.1, 0.15) is 0 Å². The summed E-state index contributed by atoms with van der Waals surface area (Å²) in [7, 11) is 1.52. The largest absolute Gasteiger partial charge is 0.469 e. The van der Waals surface area contributed by atoms with E-state index >= 15 is 0 Å². The normalized spacial score (nSPS) is 48.3. The van der Waals surface area contributed by atoms with E-state index in [2.05, 4.69) is 0 Å². The van der Waals surface area contributed by atoms with Gasteiger partial charge in [0.2, 0.25) is 0 Å². The molecule has 0 radical (unpaired) electrons. The standard InChI is InChI=1S/C17H26O4/c1-19-17(18)15-11-6-10-7-12(9-11)16(13(15)8-10)21-14-4-2-3-5-20-14/h10-16H,2-9H2,1H3/t10-,11-,12+,13-,14+,15-,16+/m0/s1. The Balaban J connectivity index is 1.51. The van der Waals surface area contributed by atoms with Crippen LogP contribution < -0.4 is 0 Å². The van der Waals surface area contributed by atoms with Gasteiger partial charge in [0.15, 0.2) is 6.29 Å². The van der Waals surface area contributed by atoms with E-state index in [1.807, 2.05) is 0 Å². The van der Waals surface area contributed by atoms with Crippen molar-refractivity contribution in [2.75, 3.05) is 13.7 Å². The van der Waals surface area contributed by atoms with Gasteiger partial charge in [-0.2, -0.15) is 0 Å². The minimum absolute atomic E-state index is 0.0121. The van der Waals surface area contributed by atoms with Crippen LogP contribution in [0.2, 0.25) is 0 Å². The Morgan fingerprint density at radius 3 is 2.71 bits per heavy atom. The predicted octanol–water partition coefficient (Wildman–Crippen LogP) is 2.75. The Morgan fingerprint density at radius 1 is 1.10 bits per heavy atom. The smallest absolute Gasteiger partial charge is 0.309 e. The highest BCUT2D eigenvalue weighted by atomic mass is 16.7. The fourth-order valence-electron chi connectivity index (χ4n) is 5.57. The average Bonchev–Trinajstić information content (AvgIpc) is 2.51. The third-order valence-corrected chi connectivity index (χ3v) is 6.26. The van der Waals surface area contributed by atoms with Gasteiger partial charge in [0, 0.05) is 6.61 Å². The van der Waals surface area contributed by atoms with Crippen LogP contribution in [0.3, 0.4) is 0 Å². The molecule has 4 nitrogen and oxygen atoms in total. The van der Waals surface area contributed by atoms with Crippen LogP contribution in [0.1, 0.15) is 44.9 Å². The van der Waals surface area contributed by atoms with Crippen LogP contribution in [0.5, 0.6) is 0 Å². The van der Waals surface area contributed by atoms with Crippen molar-refractivity contribution in [3.63, 3.8) is 0 Å². The maximum absolute atomic E-state index is 12.2. The average molecular weight is 294 g/mol. The lowest BCUT2D eigenvalue weighted by Crippen LogP contribution is -2.57. The van der Waals surface area contributed by atoms with Gasteiger partial charge < -0.3 is 14.2 Å². The second kappa shape index (κ2) is 5.54. The summed E-state index contributed by atoms with van der Waals surface area (Å²) in [6.45, 7) is 0.818. The summed E-state index contributed by atoms with van der Waals surface area (Å²) in [4.78, 5) is 12.2. The number of methoxy groups -OCH3 is 1. The summed E-state index contributed by atoms with van der Waals surface area (Å²) >= 11 is 0. The van der Waals surface area contributed by atoms with Crippen LogP contribution in [0, 0.1) is 29.6 Å². The van der Waals surface area contributed by atoms with E-state index in [4.69, 9.17) is 14.2 Å². The molecule has 1 heterocycles. The van der Waals surface area contributed by atoms with E-state index in [0.29, 0.717) is 17.8 Å². The molecular formula is C17H26O4. The van der Waals surface area contributed by atoms with E-state index in [9.17, 15) is 4.79 Å². The van der Waals surface area contributed by atoms with Crippen molar-refractivity contribution in [3.05, 3.63) is 0 Å². The first kappa shape index (κ1) is 14.0. The fourth-order valence-corrected chi connectivity index (χ4v) is 5.57. The van der Waals surface area contributed by atoms with Gasteiger partial charge in [-0.25, -0.2) is 0 Å². The number of rotatable bonds is 3. The van der Waals surface area contributed by atoms with Gasteiger partial charge >= 0.3 is 5.97 Å². The molecule has 0 N–H and O–H groups in total. The topological polar surface area (TPSA) is 44.8 Å². The van der Waals surface area contributed by atoms with Crippen LogP contribution in [0.15, 0.2) is 0 Å². The van der Waals surface area contributed by atoms with Crippen LogP contribution >= 0.6 is 0 Å². The summed E-state index contributed by atoms with van der Waals surface area (Å²) in [6, 6.07) is 0. The fraction of sp³-hybridized carbons (Fsp3) is 0.941. The van der Waals surface area contributed by atoms with Crippen LogP contribution in [0.25, 0.3) is 0 Å². The van der Waals surface area contributed by atoms with Gasteiger partial charge in [-0.15, -0.1) is 0 Å². The molecule has 5 aliphatic rings. The second-order valence-corrected chi connectivity index (χ2v) is 7.44. The lowest BCUT2D eigenvalue weighted by molar-refractivity contribution is -0.248. The molecule has 4 saturated carbocycles. The molecule has 118 valence electrons. The van der Waals surface area contributed by atoms with Gasteiger partial charge in [-0.3, -0.25) is 4.79 Å². The molecule has 4 bridgehead atoms. The zero-order valence-corrected chi connectivity index (χ0v) is 12.8. The minimum Gasteiger partial charge on any atom is -0.469 e. The van der Waals surface area contributed by atoms with Crippen molar-refractivity contribution >= 4 is 5.97 Å². The maximum Gasteiger partial charge on any atom is 0.309 e. The SMILES string of the molecule is COC(=O)[C@H]1[C@H]2C[C@H]3C[C@H](C2)[C@@H](O[C@@H]2CCCCO2)[C@H]1C3. The monoisotopic (exact) mass is 294 g/mol. The predicted molar refractivity (Wildman–Crippen MR) is 76.4 cm³/mol. The van der Waals surface area contributed by atoms with E-state index in [-0.39, 0.29) is 24.3 Å². The molecule has 5 rings (SSSR count). The van der Waals surface area contributed by atoms with Crippen LogP contribution in [-0.2, 0) is 19.0 Å². The first-order valence-corrected chi connectivity index (χ1v) is 8.61. The maximum atomic E-state index is 12.2. The molecule has 4 aliphatic carbocycles. The minimum atomic E-state index is -0.0421. The Morgan fingerprint density at radius 2 is 1.95 bits per heavy atom. The van der Waals surface area contributed by atoms with E-state index in [1.165, 1.54) is 26.4 Å². The van der Waals surface area contributed by atoms with E-state index in [1.54, 1.807) is 0 Å². The van der Waals surface area contributed by atoms with Gasteiger partial charge in [0.05, 0.1) is 19.1 Å². The highest BCUT2D eigenvalue weighted by Gasteiger charge is 2.57. The molecule has 0 amide bonds. The Hall–Kier alpha value is -0.610. The quantitative estimate of drug-likeness (QED) is 0.751. The van der Waals surface area contributed by atoms with Crippen molar-refractivity contribution < 1.29 is 19.0 Å². The highest BCUT2D eigenvalue weighted by Crippen LogP contribution is 2.58. The third-order valence-electron chi connectivity index (χ3n) is 6.26. The lowest BCUT2D eigenvalue weighted by Gasteiger charge is -2.57. The first-order valence-electron chi connectivity index (χ1n) is 8.61. The Kier molecular flexibility index (Phi) is 3.70. The van der Waals surface area contributed by atoms with Gasteiger partial charge in [-0.1, -0.05) is 0 Å². The molecule has 7 atom stereocenters. The van der Waals surface area contributed by atoms with E-state index in [0.717, 1.165) is 38.2 Å². The van der Waals surface area contributed by atoms with Crippen molar-refractivity contribution in [3.8, 4) is 0 Å². The Labute approximate surface area is 126 Å². The number of carbonyl (C=O) groups is 1. The van der Waals surface area contributed by atoms with Crippen LogP contribution in [0.4, 0.5) is 0 Å². The zero-order valence-electron chi connectivity index (χ0n) is 12.8. The summed E-state index contributed by atoms with van der Waals surface area (Å²) in [5.41, 5.74) is 0. The molecule has 5 fully saturated rings. The molecule has 0 spiro atoms. The van der Waals surface area contributed by atoms with Gasteiger partial charge in [-0.05, 0) is 68.6 Å². The van der Waals surface area contributed by atoms with Crippen molar-refractivity contribution in [2.45, 2.75) is 57.3 Å². The van der Waals surface area contributed by atoms with Crippen molar-refractivity contribution in [2.24, 2.45) is 29.6 Å². The molecule has 0 unspecified atom stereocenters. The summed E-state index contributed by atoms with van der Waals surface area (Å²) in [5.74, 6) is 2.40. The lowest BCUT2D eigenvalue weighted by atomic mass is 9.50. The molecule has 1 saturated heterocycles. The Bertz CT molecular complexity index is 404. The number of ether oxygens (including phenoxy) is 3. The molecule has 0 aromatic heterocycles. The summed E-state index contributed by atoms with van der Waals surface area (Å²) < 4.78 is 17.2. The number of carbonyl (C=O) groups excluding carboxylic acids is 1. The number of esters is 1. The van der Waals surface area contributed by atoms with Crippen LogP contribution in [-0.4, -0.2) is 32.1 Å². The molecule has 0 aromatic rings. The first-order chi connectivity index (χ1) is 10.3. The number of hydrogen-bond acceptors (Lipinski definition) is 4. The summed E-state index contributed by atoms with van der Waals surface area (Å²) in [6.07, 6.45) is 8.31. The van der Waals surface area contributed by atoms with Crippen molar-refractivity contribution in [1.29, 1.82) is 0 Å².